The third kappa shape index (κ3) is 8.55. The molecule has 2 saturated carbocycles. The first-order valence-electron chi connectivity index (χ1n) is 11.9. The summed E-state index contributed by atoms with van der Waals surface area (Å²) in [7, 11) is -2.45. The number of carbonyl (C=O) groups excluding carboxylic acids is 2. The van der Waals surface area contributed by atoms with E-state index in [1.807, 2.05) is 0 Å². The fraction of sp³-hybridized carbons (Fsp3) is 0.917. The van der Waals surface area contributed by atoms with E-state index in [9.17, 15) is 14.2 Å². The molecule has 0 aromatic rings. The molecule has 0 aliphatic heterocycles. The van der Waals surface area contributed by atoms with Crippen LogP contribution in [0.3, 0.4) is 0 Å². The molecule has 0 saturated heterocycles. The second-order valence-corrected chi connectivity index (χ2v) is 11.9. The summed E-state index contributed by atoms with van der Waals surface area (Å²) in [4.78, 5) is 23.5. The van der Waals surface area contributed by atoms with Gasteiger partial charge in [-0.2, -0.15) is 0 Å². The Balaban J connectivity index is 1.56. The second-order valence-electron chi connectivity index (χ2n) is 10.8. The Morgan fingerprint density at radius 3 is 1.57 bits per heavy atom. The van der Waals surface area contributed by atoms with Gasteiger partial charge in [0.2, 0.25) is 0 Å². The van der Waals surface area contributed by atoms with Crippen molar-refractivity contribution in [1.82, 2.24) is 0 Å². The molecule has 0 amide bonds. The molecule has 174 valence electrons. The van der Waals surface area contributed by atoms with Crippen molar-refractivity contribution < 1.29 is 23.2 Å². The molecule has 5 nitrogen and oxygen atoms in total. The van der Waals surface area contributed by atoms with Crippen molar-refractivity contribution in [3.05, 3.63) is 0 Å². The van der Waals surface area contributed by atoms with Crippen molar-refractivity contribution in [2.75, 3.05) is 13.2 Å². The highest BCUT2D eigenvalue weighted by atomic mass is 31.1. The SMILES string of the molecule is CC(C)(CCCO[PH](=O)OCCCC(C)(C)C1CCCC(=O)C1)C1CCCC(=O)C1. The predicted molar refractivity (Wildman–Crippen MR) is 121 cm³/mol. The number of carbonyl (C=O) groups is 2. The van der Waals surface area contributed by atoms with Crippen LogP contribution in [-0.2, 0) is 23.2 Å². The predicted octanol–water partition coefficient (Wildman–Crippen LogP) is 6.54. The average Bonchev–Trinajstić information content (AvgIpc) is 2.69. The Morgan fingerprint density at radius 1 is 0.800 bits per heavy atom. The molecule has 2 unspecified atom stereocenters. The standard InChI is InChI=1S/C24H43O5P/c1-23(2,19-9-5-11-21(25)17-19)13-7-15-28-30(27)29-16-8-14-24(3,4)20-10-6-12-22(26)18-20/h19-20,30H,5-18H2,1-4H3. The maximum Gasteiger partial charge on any atom is 0.319 e. The molecule has 0 spiro atoms. The highest BCUT2D eigenvalue weighted by molar-refractivity contribution is 7.33. The van der Waals surface area contributed by atoms with Crippen LogP contribution >= 0.6 is 8.25 Å². The van der Waals surface area contributed by atoms with E-state index in [-0.39, 0.29) is 10.8 Å². The first-order chi connectivity index (χ1) is 14.1. The van der Waals surface area contributed by atoms with Crippen molar-refractivity contribution >= 4 is 19.8 Å². The number of rotatable bonds is 12. The van der Waals surface area contributed by atoms with Gasteiger partial charge in [0.05, 0.1) is 13.2 Å². The van der Waals surface area contributed by atoms with Crippen LogP contribution in [0.5, 0.6) is 0 Å². The van der Waals surface area contributed by atoms with Gasteiger partial charge in [-0.3, -0.25) is 14.2 Å². The van der Waals surface area contributed by atoms with E-state index in [4.69, 9.17) is 9.05 Å². The van der Waals surface area contributed by atoms with Gasteiger partial charge in [-0.25, -0.2) is 0 Å². The number of ketones is 2. The molecule has 2 atom stereocenters. The number of hydrogen-bond donors (Lipinski definition) is 0. The normalized spacial score (nSPS) is 24.8. The summed E-state index contributed by atoms with van der Waals surface area (Å²) in [5.74, 6) is 1.70. The van der Waals surface area contributed by atoms with E-state index in [2.05, 4.69) is 27.7 Å². The van der Waals surface area contributed by atoms with Gasteiger partial charge < -0.3 is 9.05 Å². The van der Waals surface area contributed by atoms with Gasteiger partial charge in [-0.05, 0) is 74.0 Å². The third-order valence-electron chi connectivity index (χ3n) is 7.55. The second kappa shape index (κ2) is 11.9. The topological polar surface area (TPSA) is 69.7 Å². The molecule has 2 aliphatic carbocycles. The summed E-state index contributed by atoms with van der Waals surface area (Å²) < 4.78 is 22.9. The Bertz CT molecular complexity index is 548. The van der Waals surface area contributed by atoms with E-state index in [0.29, 0.717) is 49.5 Å². The summed E-state index contributed by atoms with van der Waals surface area (Å²) in [5.41, 5.74) is 0.227. The zero-order valence-corrected chi connectivity index (χ0v) is 20.6. The quantitative estimate of drug-likeness (QED) is 0.253. The Hall–Kier alpha value is -0.510. The van der Waals surface area contributed by atoms with Gasteiger partial charge >= 0.3 is 8.25 Å². The summed E-state index contributed by atoms with van der Waals surface area (Å²) in [6, 6.07) is 0. The minimum absolute atomic E-state index is 0.113. The third-order valence-corrected chi connectivity index (χ3v) is 8.43. The molecule has 2 aliphatic rings. The molecule has 0 radical (unpaired) electrons. The zero-order chi connectivity index (χ0) is 22.2. The van der Waals surface area contributed by atoms with Crippen LogP contribution in [0.2, 0.25) is 0 Å². The maximum atomic E-state index is 12.0. The lowest BCUT2D eigenvalue weighted by atomic mass is 9.68. The Labute approximate surface area is 184 Å². The molecule has 0 aromatic carbocycles. The largest absolute Gasteiger partial charge is 0.319 e. The average molecular weight is 443 g/mol. The molecule has 0 aromatic heterocycles. The fourth-order valence-electron chi connectivity index (χ4n) is 5.20. The summed E-state index contributed by atoms with van der Waals surface area (Å²) in [6.45, 7) is 9.82. The molecule has 30 heavy (non-hydrogen) atoms. The molecule has 6 heteroatoms. The highest BCUT2D eigenvalue weighted by Gasteiger charge is 2.33. The first-order valence-corrected chi connectivity index (χ1v) is 13.2. The van der Waals surface area contributed by atoms with Crippen LogP contribution in [0.1, 0.15) is 105 Å². The molecule has 2 rings (SSSR count). The van der Waals surface area contributed by atoms with Crippen LogP contribution in [0.4, 0.5) is 0 Å². The summed E-state index contributed by atoms with van der Waals surface area (Å²) in [6.07, 6.45) is 10.8. The van der Waals surface area contributed by atoms with E-state index >= 15 is 0 Å². The zero-order valence-electron chi connectivity index (χ0n) is 19.6. The minimum atomic E-state index is -2.45. The van der Waals surface area contributed by atoms with E-state index < -0.39 is 8.25 Å². The lowest BCUT2D eigenvalue weighted by Crippen LogP contribution is -2.29. The van der Waals surface area contributed by atoms with Crippen molar-refractivity contribution in [2.24, 2.45) is 22.7 Å². The molecular weight excluding hydrogens is 399 g/mol. The van der Waals surface area contributed by atoms with Crippen LogP contribution in [0.15, 0.2) is 0 Å². The minimum Gasteiger partial charge on any atom is -0.311 e. The van der Waals surface area contributed by atoms with Crippen LogP contribution < -0.4 is 0 Å². The highest BCUT2D eigenvalue weighted by Crippen LogP contribution is 2.42. The Morgan fingerprint density at radius 2 is 1.20 bits per heavy atom. The first kappa shape index (κ1) is 25.7. The molecule has 2 fully saturated rings. The van der Waals surface area contributed by atoms with Crippen LogP contribution in [0.25, 0.3) is 0 Å². The number of hydrogen-bond acceptors (Lipinski definition) is 5. The van der Waals surface area contributed by atoms with Gasteiger partial charge in [0.1, 0.15) is 11.6 Å². The van der Waals surface area contributed by atoms with Crippen molar-refractivity contribution in [2.45, 2.75) is 105 Å². The van der Waals surface area contributed by atoms with E-state index in [1.165, 1.54) is 0 Å². The maximum absolute atomic E-state index is 12.0. The van der Waals surface area contributed by atoms with E-state index in [0.717, 1.165) is 64.2 Å². The number of Topliss-reactive ketones (excluding diaryl/α,β-unsaturated/α-hetero) is 2. The van der Waals surface area contributed by atoms with Gasteiger partial charge in [0.25, 0.3) is 0 Å². The lowest BCUT2D eigenvalue weighted by Gasteiger charge is -2.36. The summed E-state index contributed by atoms with van der Waals surface area (Å²) in [5, 5.41) is 0. The molecule has 0 N–H and O–H groups in total. The van der Waals surface area contributed by atoms with Crippen molar-refractivity contribution in [3.63, 3.8) is 0 Å². The molecular formula is C24H43O5P. The van der Waals surface area contributed by atoms with Gasteiger partial charge in [-0.1, -0.05) is 27.7 Å². The van der Waals surface area contributed by atoms with Gasteiger partial charge in [-0.15, -0.1) is 0 Å². The monoisotopic (exact) mass is 442 g/mol. The molecule has 0 bridgehead atoms. The molecule has 0 heterocycles. The van der Waals surface area contributed by atoms with Crippen molar-refractivity contribution in [1.29, 1.82) is 0 Å². The lowest BCUT2D eigenvalue weighted by molar-refractivity contribution is -0.123. The van der Waals surface area contributed by atoms with Crippen LogP contribution in [-0.4, -0.2) is 24.8 Å². The van der Waals surface area contributed by atoms with E-state index in [1.54, 1.807) is 0 Å². The van der Waals surface area contributed by atoms with Crippen LogP contribution in [0, 0.1) is 22.7 Å². The Kier molecular flexibility index (Phi) is 10.2. The fourth-order valence-corrected chi connectivity index (χ4v) is 5.91. The van der Waals surface area contributed by atoms with Gasteiger partial charge in [0, 0.05) is 25.7 Å². The smallest absolute Gasteiger partial charge is 0.311 e. The summed E-state index contributed by atoms with van der Waals surface area (Å²) >= 11 is 0. The van der Waals surface area contributed by atoms with Gasteiger partial charge in [0.15, 0.2) is 0 Å². The van der Waals surface area contributed by atoms with Crippen molar-refractivity contribution in [3.8, 4) is 0 Å².